The molecular weight excluding hydrogens is 204 g/mol. The second-order valence-corrected chi connectivity index (χ2v) is 6.47. The van der Waals surface area contributed by atoms with E-state index in [-0.39, 0.29) is 11.0 Å². The second kappa shape index (κ2) is 4.76. The van der Waals surface area contributed by atoms with Crippen molar-refractivity contribution in [1.29, 1.82) is 5.26 Å². The van der Waals surface area contributed by atoms with Gasteiger partial charge in [-0.15, -0.1) is 0 Å². The van der Waals surface area contributed by atoms with Gasteiger partial charge in [-0.2, -0.15) is 17.0 Å². The van der Waals surface area contributed by atoms with Crippen LogP contribution >= 0.6 is 11.8 Å². The molecule has 3 heteroatoms. The molecule has 1 aliphatic heterocycles. The minimum atomic E-state index is -0.304. The largest absolute Gasteiger partial charge is 0.296 e. The molecule has 0 aromatic heterocycles. The number of nitrogens with one attached hydrogen (secondary N) is 1. The van der Waals surface area contributed by atoms with Crippen molar-refractivity contribution in [3.05, 3.63) is 0 Å². The summed E-state index contributed by atoms with van der Waals surface area (Å²) in [5.74, 6) is 2.09. The van der Waals surface area contributed by atoms with Gasteiger partial charge < -0.3 is 0 Å². The second-order valence-electron chi connectivity index (χ2n) is 5.48. The zero-order chi connectivity index (χ0) is 11.5. The molecule has 15 heavy (non-hydrogen) atoms. The van der Waals surface area contributed by atoms with Gasteiger partial charge in [-0.25, -0.2) is 0 Å². The van der Waals surface area contributed by atoms with Gasteiger partial charge in [-0.1, -0.05) is 20.8 Å². The van der Waals surface area contributed by atoms with E-state index in [1.54, 1.807) is 0 Å². The molecule has 0 radical (unpaired) electrons. The van der Waals surface area contributed by atoms with Gasteiger partial charge in [0.2, 0.25) is 0 Å². The molecule has 1 N–H and O–H groups in total. The fourth-order valence-electron chi connectivity index (χ4n) is 2.19. The Morgan fingerprint density at radius 1 is 1.47 bits per heavy atom. The number of rotatable bonds is 3. The van der Waals surface area contributed by atoms with Crippen molar-refractivity contribution in [1.82, 2.24) is 5.32 Å². The Kier molecular flexibility index (Phi) is 4.08. The van der Waals surface area contributed by atoms with E-state index < -0.39 is 0 Å². The van der Waals surface area contributed by atoms with Crippen molar-refractivity contribution < 1.29 is 0 Å². The number of nitrogens with zero attached hydrogens (tertiary/aromatic N) is 1. The number of hydrogen-bond donors (Lipinski definition) is 1. The van der Waals surface area contributed by atoms with Crippen LogP contribution in [0.5, 0.6) is 0 Å². The third-order valence-electron chi connectivity index (χ3n) is 2.97. The predicted octanol–water partition coefficient (Wildman–Crippen LogP) is 2.80. The highest BCUT2D eigenvalue weighted by Crippen LogP contribution is 2.39. The number of hydrogen-bond acceptors (Lipinski definition) is 3. The fourth-order valence-corrected chi connectivity index (χ4v) is 3.55. The fraction of sp³-hybridized carbons (Fsp3) is 0.917. The maximum Gasteiger partial charge on any atom is 0.116 e. The summed E-state index contributed by atoms with van der Waals surface area (Å²) in [7, 11) is 0. The summed E-state index contributed by atoms with van der Waals surface area (Å²) in [6, 6.07) is 2.94. The Bertz CT molecular complexity index is 257. The first kappa shape index (κ1) is 12.9. The van der Waals surface area contributed by atoms with Crippen LogP contribution in [0.3, 0.4) is 0 Å². The van der Waals surface area contributed by atoms with E-state index in [4.69, 9.17) is 0 Å². The summed E-state index contributed by atoms with van der Waals surface area (Å²) in [5.41, 5.74) is -0.0268. The lowest BCUT2D eigenvalue weighted by atomic mass is 9.80. The van der Waals surface area contributed by atoms with Crippen molar-refractivity contribution in [3.8, 4) is 6.07 Å². The molecular formula is C12H22N2S. The van der Waals surface area contributed by atoms with Crippen molar-refractivity contribution >= 4 is 11.8 Å². The maximum absolute atomic E-state index is 9.39. The first-order valence-electron chi connectivity index (χ1n) is 5.70. The smallest absolute Gasteiger partial charge is 0.116 e. The predicted molar refractivity (Wildman–Crippen MR) is 67.0 cm³/mol. The third kappa shape index (κ3) is 3.39. The number of thioether (sulfide) groups is 1. The van der Waals surface area contributed by atoms with Crippen LogP contribution in [0.2, 0.25) is 0 Å². The molecule has 2 nitrogen and oxygen atoms in total. The average molecular weight is 226 g/mol. The molecule has 0 bridgehead atoms. The third-order valence-corrected chi connectivity index (χ3v) is 4.65. The van der Waals surface area contributed by atoms with E-state index in [0.29, 0.717) is 6.04 Å². The molecule has 0 amide bonds. The van der Waals surface area contributed by atoms with E-state index in [9.17, 15) is 5.26 Å². The summed E-state index contributed by atoms with van der Waals surface area (Å²) >= 11 is 1.90. The lowest BCUT2D eigenvalue weighted by Gasteiger charge is -2.42. The molecule has 0 aromatic carbocycles. The lowest BCUT2D eigenvalue weighted by molar-refractivity contribution is 0.253. The molecule has 1 fully saturated rings. The van der Waals surface area contributed by atoms with Crippen molar-refractivity contribution in [2.45, 2.75) is 52.1 Å². The van der Waals surface area contributed by atoms with Gasteiger partial charge in [0, 0.05) is 11.8 Å². The summed E-state index contributed by atoms with van der Waals surface area (Å²) in [5, 5.41) is 12.9. The van der Waals surface area contributed by atoms with Gasteiger partial charge in [0.1, 0.15) is 5.54 Å². The zero-order valence-electron chi connectivity index (χ0n) is 10.3. The van der Waals surface area contributed by atoms with Gasteiger partial charge in [-0.05, 0) is 30.9 Å². The first-order valence-corrected chi connectivity index (χ1v) is 6.85. The molecule has 0 aliphatic carbocycles. The van der Waals surface area contributed by atoms with Crippen molar-refractivity contribution in [2.24, 2.45) is 5.41 Å². The summed E-state index contributed by atoms with van der Waals surface area (Å²) in [4.78, 5) is 0. The summed E-state index contributed by atoms with van der Waals surface area (Å²) in [6.07, 6.45) is 2.04. The normalized spacial score (nSPS) is 31.9. The van der Waals surface area contributed by atoms with Gasteiger partial charge in [0.05, 0.1) is 6.07 Å². The topological polar surface area (TPSA) is 35.8 Å². The molecule has 1 heterocycles. The van der Waals surface area contributed by atoms with Gasteiger partial charge in [-0.3, -0.25) is 5.32 Å². The Hall–Kier alpha value is -0.200. The molecule has 1 aliphatic rings. The average Bonchev–Trinajstić information content (AvgIpc) is 2.16. The SMILES string of the molecule is CCC(C)NC1(C#N)CSCC(C)(C)C1. The van der Waals surface area contributed by atoms with Crippen LogP contribution < -0.4 is 5.32 Å². The highest BCUT2D eigenvalue weighted by atomic mass is 32.2. The van der Waals surface area contributed by atoms with E-state index in [1.165, 1.54) is 5.75 Å². The summed E-state index contributed by atoms with van der Waals surface area (Å²) in [6.45, 7) is 8.82. The zero-order valence-corrected chi connectivity index (χ0v) is 11.1. The molecule has 0 saturated carbocycles. The van der Waals surface area contributed by atoms with Crippen LogP contribution in [0.15, 0.2) is 0 Å². The quantitative estimate of drug-likeness (QED) is 0.804. The van der Waals surface area contributed by atoms with Gasteiger partial charge in [0.15, 0.2) is 0 Å². The standard InChI is InChI=1S/C12H22N2S/c1-5-10(2)14-12(7-13)6-11(3,4)8-15-9-12/h10,14H,5-6,8-9H2,1-4H3. The Balaban J connectivity index is 2.72. The van der Waals surface area contributed by atoms with E-state index in [1.807, 2.05) is 11.8 Å². The Labute approximate surface area is 97.8 Å². The van der Waals surface area contributed by atoms with Gasteiger partial charge >= 0.3 is 0 Å². The molecule has 2 unspecified atom stereocenters. The molecule has 1 saturated heterocycles. The highest BCUT2D eigenvalue weighted by Gasteiger charge is 2.41. The maximum atomic E-state index is 9.39. The van der Waals surface area contributed by atoms with Crippen LogP contribution in [-0.4, -0.2) is 23.1 Å². The number of nitriles is 1. The van der Waals surface area contributed by atoms with Crippen molar-refractivity contribution in [3.63, 3.8) is 0 Å². The first-order chi connectivity index (χ1) is 6.93. The molecule has 2 atom stereocenters. The van der Waals surface area contributed by atoms with Crippen LogP contribution in [0.4, 0.5) is 0 Å². The molecule has 86 valence electrons. The summed E-state index contributed by atoms with van der Waals surface area (Å²) < 4.78 is 0. The molecule has 0 aromatic rings. The van der Waals surface area contributed by atoms with Gasteiger partial charge in [0.25, 0.3) is 0 Å². The van der Waals surface area contributed by atoms with Crippen LogP contribution in [0.1, 0.15) is 40.5 Å². The van der Waals surface area contributed by atoms with Crippen LogP contribution in [-0.2, 0) is 0 Å². The Morgan fingerprint density at radius 2 is 2.13 bits per heavy atom. The highest BCUT2D eigenvalue weighted by molar-refractivity contribution is 7.99. The molecule has 0 spiro atoms. The van der Waals surface area contributed by atoms with E-state index >= 15 is 0 Å². The van der Waals surface area contributed by atoms with Crippen LogP contribution in [0, 0.1) is 16.7 Å². The van der Waals surface area contributed by atoms with E-state index in [2.05, 4.69) is 39.1 Å². The Morgan fingerprint density at radius 3 is 2.60 bits per heavy atom. The van der Waals surface area contributed by atoms with Crippen LogP contribution in [0.25, 0.3) is 0 Å². The minimum Gasteiger partial charge on any atom is -0.296 e. The van der Waals surface area contributed by atoms with E-state index in [0.717, 1.165) is 18.6 Å². The lowest BCUT2D eigenvalue weighted by Crippen LogP contribution is -2.55. The minimum absolute atomic E-state index is 0.277. The monoisotopic (exact) mass is 226 g/mol. The van der Waals surface area contributed by atoms with Crippen molar-refractivity contribution in [2.75, 3.05) is 11.5 Å². The molecule has 1 rings (SSSR count).